The van der Waals surface area contributed by atoms with Crippen LogP contribution in [0.25, 0.3) is 11.3 Å². The summed E-state index contributed by atoms with van der Waals surface area (Å²) in [6, 6.07) is 2.59. The molecule has 2 N–H and O–H groups in total. The second kappa shape index (κ2) is 9.26. The van der Waals surface area contributed by atoms with E-state index in [0.29, 0.717) is 23.7 Å². The molecule has 0 radical (unpaired) electrons. The fourth-order valence-electron chi connectivity index (χ4n) is 3.56. The van der Waals surface area contributed by atoms with Gasteiger partial charge in [0.05, 0.1) is 10.4 Å². The zero-order chi connectivity index (χ0) is 23.7. The average molecular weight is 491 g/mol. The zero-order valence-electron chi connectivity index (χ0n) is 18.6. The molecular weight excluding hydrogens is 461 g/mol. The van der Waals surface area contributed by atoms with E-state index in [1.807, 2.05) is 6.92 Å². The van der Waals surface area contributed by atoms with Gasteiger partial charge in [0, 0.05) is 29.2 Å². The van der Waals surface area contributed by atoms with E-state index < -0.39 is 26.6 Å². The third-order valence-electron chi connectivity index (χ3n) is 5.67. The molecule has 0 unspecified atom stereocenters. The van der Waals surface area contributed by atoms with Crippen molar-refractivity contribution in [3.8, 4) is 11.3 Å². The summed E-state index contributed by atoms with van der Waals surface area (Å²) >= 11 is 1.47. The number of anilines is 1. The number of hydrogen-bond acceptors (Lipinski definition) is 6. The number of aryl methyl sites for hydroxylation is 1. The predicted octanol–water partition coefficient (Wildman–Crippen LogP) is 5.22. The highest BCUT2D eigenvalue weighted by molar-refractivity contribution is 7.90. The first-order chi connectivity index (χ1) is 14.8. The van der Waals surface area contributed by atoms with Gasteiger partial charge >= 0.3 is 6.18 Å². The van der Waals surface area contributed by atoms with Crippen LogP contribution in [-0.2, 0) is 16.2 Å². The van der Waals surface area contributed by atoms with Crippen LogP contribution in [0.1, 0.15) is 57.0 Å². The van der Waals surface area contributed by atoms with E-state index in [4.69, 9.17) is 0 Å². The van der Waals surface area contributed by atoms with Gasteiger partial charge in [-0.05, 0) is 71.4 Å². The maximum Gasteiger partial charge on any atom is 0.433 e. The maximum atomic E-state index is 12.7. The second-order valence-electron chi connectivity index (χ2n) is 9.18. The molecule has 1 saturated carbocycles. The number of thiazole rings is 1. The van der Waals surface area contributed by atoms with Crippen molar-refractivity contribution >= 4 is 26.5 Å². The summed E-state index contributed by atoms with van der Waals surface area (Å²) in [4.78, 5) is 9.00. The molecule has 6 nitrogen and oxygen atoms in total. The van der Waals surface area contributed by atoms with Crippen molar-refractivity contribution < 1.29 is 21.6 Å². The number of aromatic nitrogens is 2. The first-order valence-corrected chi connectivity index (χ1v) is 12.8. The number of sulfonamides is 1. The molecule has 2 aromatic heterocycles. The van der Waals surface area contributed by atoms with Gasteiger partial charge in [0.1, 0.15) is 5.69 Å². The second-order valence-corrected chi connectivity index (χ2v) is 12.9. The molecule has 2 aromatic rings. The Hall–Kier alpha value is -1.72. The summed E-state index contributed by atoms with van der Waals surface area (Å²) in [6.07, 6.45) is 0.357. The third kappa shape index (κ3) is 5.99. The van der Waals surface area contributed by atoms with Crippen molar-refractivity contribution in [1.82, 2.24) is 14.7 Å². The van der Waals surface area contributed by atoms with Crippen LogP contribution in [0.3, 0.4) is 0 Å². The van der Waals surface area contributed by atoms with E-state index in [-0.39, 0.29) is 6.04 Å². The monoisotopic (exact) mass is 490 g/mol. The molecule has 0 bridgehead atoms. The van der Waals surface area contributed by atoms with Gasteiger partial charge in [0.2, 0.25) is 10.0 Å². The highest BCUT2D eigenvalue weighted by atomic mass is 32.2. The highest BCUT2D eigenvalue weighted by Crippen LogP contribution is 2.34. The topological polar surface area (TPSA) is 84.0 Å². The summed E-state index contributed by atoms with van der Waals surface area (Å²) < 4.78 is 64.6. The summed E-state index contributed by atoms with van der Waals surface area (Å²) in [7, 11) is -3.34. The lowest BCUT2D eigenvalue weighted by atomic mass is 9.86. The summed E-state index contributed by atoms with van der Waals surface area (Å²) in [5.74, 6) is 0.303. The molecule has 0 aliphatic heterocycles. The van der Waals surface area contributed by atoms with Gasteiger partial charge in [0.25, 0.3) is 0 Å². The molecule has 0 amide bonds. The van der Waals surface area contributed by atoms with Gasteiger partial charge in [-0.15, -0.1) is 11.3 Å². The van der Waals surface area contributed by atoms with Crippen LogP contribution in [0.15, 0.2) is 18.3 Å². The van der Waals surface area contributed by atoms with Crippen LogP contribution in [0.5, 0.6) is 0 Å². The Bertz CT molecular complexity index is 1020. The molecule has 3 rings (SSSR count). The number of hydrogen-bond donors (Lipinski definition) is 2. The van der Waals surface area contributed by atoms with Crippen LogP contribution >= 0.6 is 11.3 Å². The minimum absolute atomic E-state index is 0.231. The van der Waals surface area contributed by atoms with Crippen molar-refractivity contribution in [2.75, 3.05) is 11.9 Å². The lowest BCUT2D eigenvalue weighted by Crippen LogP contribution is -2.42. The van der Waals surface area contributed by atoms with Crippen LogP contribution in [-0.4, -0.2) is 35.7 Å². The van der Waals surface area contributed by atoms with Crippen LogP contribution < -0.4 is 10.0 Å². The minimum Gasteiger partial charge on any atom is -0.359 e. The Morgan fingerprint density at radius 1 is 1.12 bits per heavy atom. The number of rotatable bonds is 6. The predicted molar refractivity (Wildman–Crippen MR) is 121 cm³/mol. The average Bonchev–Trinajstić information content (AvgIpc) is 3.06. The van der Waals surface area contributed by atoms with Gasteiger partial charge in [-0.1, -0.05) is 0 Å². The van der Waals surface area contributed by atoms with Gasteiger partial charge in [-0.3, -0.25) is 4.98 Å². The standard InChI is InChI=1S/C21H29F3N4O2S2/c1-13-18(15-7-10-17(25-12-15)21(22,23)24)28-19(31-13)27-16-8-5-14(6-9-16)11-26-32(29,30)20(2,3)4/h7,10,12,14,16,26H,5-6,8-9,11H2,1-4H3,(H,27,28)/t14-,16-. The van der Waals surface area contributed by atoms with E-state index in [9.17, 15) is 21.6 Å². The van der Waals surface area contributed by atoms with Crippen LogP contribution in [0, 0.1) is 12.8 Å². The van der Waals surface area contributed by atoms with Gasteiger partial charge in [-0.25, -0.2) is 18.1 Å². The molecule has 0 spiro atoms. The Morgan fingerprint density at radius 3 is 2.31 bits per heavy atom. The minimum atomic E-state index is -4.46. The van der Waals surface area contributed by atoms with Crippen molar-refractivity contribution in [2.24, 2.45) is 5.92 Å². The summed E-state index contributed by atoms with van der Waals surface area (Å²) in [5.41, 5.74) is 0.257. The largest absolute Gasteiger partial charge is 0.433 e. The molecule has 2 heterocycles. The van der Waals surface area contributed by atoms with E-state index in [1.165, 1.54) is 23.6 Å². The molecule has 0 saturated heterocycles. The number of alkyl halides is 3. The van der Waals surface area contributed by atoms with Gasteiger partial charge < -0.3 is 5.32 Å². The molecule has 0 atom stereocenters. The molecule has 1 aliphatic carbocycles. The van der Waals surface area contributed by atoms with Crippen LogP contribution in [0.4, 0.5) is 18.3 Å². The molecule has 1 aliphatic rings. The van der Waals surface area contributed by atoms with Crippen molar-refractivity contribution in [3.63, 3.8) is 0 Å². The van der Waals surface area contributed by atoms with E-state index in [0.717, 1.165) is 41.8 Å². The molecule has 32 heavy (non-hydrogen) atoms. The van der Waals surface area contributed by atoms with Crippen molar-refractivity contribution in [3.05, 3.63) is 28.9 Å². The fourth-order valence-corrected chi connectivity index (χ4v) is 5.36. The van der Waals surface area contributed by atoms with E-state index in [2.05, 4.69) is 20.0 Å². The smallest absolute Gasteiger partial charge is 0.359 e. The number of nitrogens with one attached hydrogen (secondary N) is 2. The first kappa shape index (κ1) is 24.9. The van der Waals surface area contributed by atoms with Gasteiger partial charge in [-0.2, -0.15) is 13.2 Å². The normalized spacial score (nSPS) is 20.3. The lowest BCUT2D eigenvalue weighted by Gasteiger charge is -2.30. The molecular formula is C21H29F3N4O2S2. The molecule has 0 aromatic carbocycles. The number of nitrogens with zero attached hydrogens (tertiary/aromatic N) is 2. The summed E-state index contributed by atoms with van der Waals surface area (Å²) in [5, 5.41) is 4.16. The highest BCUT2D eigenvalue weighted by Gasteiger charge is 2.32. The zero-order valence-corrected chi connectivity index (χ0v) is 20.2. The SMILES string of the molecule is Cc1sc(N[C@H]2CC[C@H](CNS(=O)(=O)C(C)(C)C)CC2)nc1-c1ccc(C(F)(F)F)nc1. The lowest BCUT2D eigenvalue weighted by molar-refractivity contribution is -0.141. The Balaban J connectivity index is 1.55. The maximum absolute atomic E-state index is 12.7. The molecule has 178 valence electrons. The van der Waals surface area contributed by atoms with Crippen LogP contribution in [0.2, 0.25) is 0 Å². The van der Waals surface area contributed by atoms with Crippen molar-refractivity contribution in [2.45, 2.75) is 70.3 Å². The van der Waals surface area contributed by atoms with E-state index in [1.54, 1.807) is 20.8 Å². The molecule has 11 heteroatoms. The third-order valence-corrected chi connectivity index (χ3v) is 8.73. The number of halogens is 3. The van der Waals surface area contributed by atoms with Gasteiger partial charge in [0.15, 0.2) is 5.13 Å². The fraction of sp³-hybridized carbons (Fsp3) is 0.619. The Labute approximate surface area is 191 Å². The summed E-state index contributed by atoms with van der Waals surface area (Å²) in [6.45, 7) is 7.38. The Morgan fingerprint density at radius 2 is 1.78 bits per heavy atom. The Kier molecular flexibility index (Phi) is 7.21. The quantitative estimate of drug-likeness (QED) is 0.580. The van der Waals surface area contributed by atoms with E-state index >= 15 is 0 Å². The number of pyridine rings is 1. The first-order valence-electron chi connectivity index (χ1n) is 10.5. The molecule has 1 fully saturated rings. The van der Waals surface area contributed by atoms with Crippen molar-refractivity contribution in [1.29, 1.82) is 0 Å².